The smallest absolute Gasteiger partial charge is 0.239 e. The fraction of sp³-hybridized carbons (Fsp3) is 0.111. The summed E-state index contributed by atoms with van der Waals surface area (Å²) >= 11 is 0. The molecule has 0 aliphatic carbocycles. The van der Waals surface area contributed by atoms with Gasteiger partial charge in [0.2, 0.25) is 9.76 Å². The van der Waals surface area contributed by atoms with Crippen LogP contribution in [-0.4, -0.2) is 16.9 Å². The summed E-state index contributed by atoms with van der Waals surface area (Å²) in [5, 5.41) is 0. The Labute approximate surface area is 70.3 Å². The molecule has 2 heteroatoms. The molecule has 0 aromatic heterocycles. The zero-order chi connectivity index (χ0) is 8.36. The van der Waals surface area contributed by atoms with Crippen LogP contribution in [0.1, 0.15) is 0 Å². The van der Waals surface area contributed by atoms with Crippen molar-refractivity contribution in [2.24, 2.45) is 0 Å². The Morgan fingerprint density at radius 3 is 1.55 bits per heavy atom. The van der Waals surface area contributed by atoms with E-state index in [1.165, 1.54) is 0 Å². The van der Waals surface area contributed by atoms with Crippen molar-refractivity contribution in [1.82, 2.24) is 0 Å². The molecule has 0 atom stereocenters. The first-order valence-electron chi connectivity index (χ1n) is 3.34. The van der Waals surface area contributed by atoms with Crippen molar-refractivity contribution in [2.45, 2.75) is 0 Å². The first kappa shape index (κ1) is 9.96. The van der Waals surface area contributed by atoms with Crippen LogP contribution in [0.25, 0.3) is 0 Å². The summed E-state index contributed by atoms with van der Waals surface area (Å²) in [5.74, 6) is 0. The molecule has 0 saturated carbocycles. The van der Waals surface area contributed by atoms with Crippen molar-refractivity contribution in [2.75, 3.05) is 7.11 Å². The molecule has 11 heavy (non-hydrogen) atoms. The first-order valence-corrected chi connectivity index (χ1v) is 4.62. The molecule has 0 aliphatic rings. The standard InChI is InChI=1S/C6H6.C3H6OSi/c1-2-4-6-5-3-1;1-3-5-4-2/h1-6H;1H,5H2,2H3. The van der Waals surface area contributed by atoms with Crippen molar-refractivity contribution in [3.8, 4) is 12.0 Å². The number of hydrogen-bond donors (Lipinski definition) is 0. The number of terminal acetylenes is 1. The van der Waals surface area contributed by atoms with Crippen molar-refractivity contribution >= 4 is 9.76 Å². The molecule has 0 saturated heterocycles. The highest BCUT2D eigenvalue weighted by atomic mass is 28.2. The molecule has 0 radical (unpaired) electrons. The largest absolute Gasteiger partial charge is 0.414 e. The minimum atomic E-state index is -0.540. The van der Waals surface area contributed by atoms with Gasteiger partial charge in [-0.3, -0.25) is 0 Å². The van der Waals surface area contributed by atoms with Gasteiger partial charge in [0.15, 0.2) is 0 Å². The zero-order valence-corrected chi connectivity index (χ0v) is 8.07. The summed E-state index contributed by atoms with van der Waals surface area (Å²) in [6.45, 7) is 0. The van der Waals surface area contributed by atoms with Gasteiger partial charge in [0.1, 0.15) is 0 Å². The van der Waals surface area contributed by atoms with Gasteiger partial charge in [-0.05, 0) is 0 Å². The SMILES string of the molecule is C#C[SiH2]OC.c1ccccc1. The van der Waals surface area contributed by atoms with Gasteiger partial charge in [0.05, 0.1) is 0 Å². The Balaban J connectivity index is 0.000000187. The van der Waals surface area contributed by atoms with E-state index in [1.54, 1.807) is 7.11 Å². The predicted octanol–water partition coefficient (Wildman–Crippen LogP) is 0.994. The average molecular weight is 164 g/mol. The fourth-order valence-electron chi connectivity index (χ4n) is 0.468. The maximum absolute atomic E-state index is 4.83. The lowest BCUT2D eigenvalue weighted by molar-refractivity contribution is 0.451. The van der Waals surface area contributed by atoms with E-state index in [0.717, 1.165) is 0 Å². The summed E-state index contributed by atoms with van der Waals surface area (Å²) in [6, 6.07) is 12.0. The molecule has 0 unspecified atom stereocenters. The van der Waals surface area contributed by atoms with Gasteiger partial charge in [0, 0.05) is 7.11 Å². The van der Waals surface area contributed by atoms with Crippen LogP contribution < -0.4 is 0 Å². The minimum Gasteiger partial charge on any atom is -0.414 e. The third kappa shape index (κ3) is 8.96. The van der Waals surface area contributed by atoms with Crippen LogP contribution in [0.15, 0.2) is 36.4 Å². The Bertz CT molecular complexity index is 164. The van der Waals surface area contributed by atoms with E-state index in [9.17, 15) is 0 Å². The lowest BCUT2D eigenvalue weighted by Gasteiger charge is -1.75. The van der Waals surface area contributed by atoms with Gasteiger partial charge < -0.3 is 4.43 Å². The molecule has 0 amide bonds. The molecular weight excluding hydrogens is 152 g/mol. The molecule has 1 aromatic rings. The van der Waals surface area contributed by atoms with Crippen LogP contribution in [0.4, 0.5) is 0 Å². The summed E-state index contributed by atoms with van der Waals surface area (Å²) < 4.78 is 4.59. The average Bonchev–Trinajstić information content (AvgIpc) is 2.10. The van der Waals surface area contributed by atoms with Crippen LogP contribution in [0.5, 0.6) is 0 Å². The van der Waals surface area contributed by atoms with Crippen LogP contribution in [0.2, 0.25) is 0 Å². The molecule has 1 aromatic carbocycles. The van der Waals surface area contributed by atoms with Gasteiger partial charge in [-0.2, -0.15) is 0 Å². The Kier molecular flexibility index (Phi) is 8.11. The highest BCUT2D eigenvalue weighted by Crippen LogP contribution is 1.79. The van der Waals surface area contributed by atoms with E-state index in [2.05, 4.69) is 9.97 Å². The van der Waals surface area contributed by atoms with Crippen LogP contribution >= 0.6 is 0 Å². The lowest BCUT2D eigenvalue weighted by Crippen LogP contribution is -1.84. The quantitative estimate of drug-likeness (QED) is 0.444. The van der Waals surface area contributed by atoms with E-state index < -0.39 is 9.76 Å². The van der Waals surface area contributed by atoms with Gasteiger partial charge in [-0.1, -0.05) is 36.4 Å². The maximum atomic E-state index is 4.83. The predicted molar refractivity (Wildman–Crippen MR) is 50.8 cm³/mol. The van der Waals surface area contributed by atoms with Gasteiger partial charge in [0.25, 0.3) is 0 Å². The highest BCUT2D eigenvalue weighted by Gasteiger charge is 1.61. The van der Waals surface area contributed by atoms with E-state index in [4.69, 9.17) is 6.42 Å². The molecule has 1 rings (SSSR count). The van der Waals surface area contributed by atoms with Gasteiger partial charge >= 0.3 is 0 Å². The summed E-state index contributed by atoms with van der Waals surface area (Å²) in [6.07, 6.45) is 4.83. The Hall–Kier alpha value is -1.04. The number of rotatable bonds is 1. The molecule has 0 spiro atoms. The zero-order valence-electron chi connectivity index (χ0n) is 6.66. The van der Waals surface area contributed by atoms with Crippen LogP contribution in [0.3, 0.4) is 0 Å². The molecule has 0 aliphatic heterocycles. The second-order valence-electron chi connectivity index (χ2n) is 1.79. The molecular formula is C9H12OSi. The lowest BCUT2D eigenvalue weighted by atomic mass is 10.4. The summed E-state index contributed by atoms with van der Waals surface area (Å²) in [5.41, 5.74) is 2.43. The summed E-state index contributed by atoms with van der Waals surface area (Å²) in [4.78, 5) is 0. The molecule has 0 heterocycles. The normalized spacial score (nSPS) is 8.36. The topological polar surface area (TPSA) is 9.23 Å². The summed E-state index contributed by atoms with van der Waals surface area (Å²) in [7, 11) is 1.09. The first-order chi connectivity index (χ1) is 5.41. The number of benzene rings is 1. The minimum absolute atomic E-state index is 0.540. The Morgan fingerprint density at radius 2 is 1.45 bits per heavy atom. The second kappa shape index (κ2) is 8.96. The van der Waals surface area contributed by atoms with E-state index in [-0.39, 0.29) is 0 Å². The molecule has 0 fully saturated rings. The van der Waals surface area contributed by atoms with E-state index in [0.29, 0.717) is 0 Å². The number of hydrogen-bond acceptors (Lipinski definition) is 1. The third-order valence-electron chi connectivity index (χ3n) is 0.894. The van der Waals surface area contributed by atoms with Crippen molar-refractivity contribution < 1.29 is 4.43 Å². The fourth-order valence-corrected chi connectivity index (χ4v) is 0.635. The van der Waals surface area contributed by atoms with Crippen molar-refractivity contribution in [3.63, 3.8) is 0 Å². The van der Waals surface area contributed by atoms with Crippen LogP contribution in [0, 0.1) is 12.0 Å². The molecule has 58 valence electrons. The molecule has 1 nitrogen and oxygen atoms in total. The Morgan fingerprint density at radius 1 is 1.09 bits per heavy atom. The second-order valence-corrected chi connectivity index (χ2v) is 3.07. The molecule has 0 bridgehead atoms. The van der Waals surface area contributed by atoms with Gasteiger partial charge in [-0.15, -0.1) is 12.0 Å². The van der Waals surface area contributed by atoms with Gasteiger partial charge in [-0.25, -0.2) is 0 Å². The van der Waals surface area contributed by atoms with Crippen LogP contribution in [-0.2, 0) is 4.43 Å². The van der Waals surface area contributed by atoms with E-state index >= 15 is 0 Å². The van der Waals surface area contributed by atoms with Crippen molar-refractivity contribution in [1.29, 1.82) is 0 Å². The van der Waals surface area contributed by atoms with Crippen molar-refractivity contribution in [3.05, 3.63) is 36.4 Å². The van der Waals surface area contributed by atoms with E-state index in [1.807, 2.05) is 36.4 Å². The highest BCUT2D eigenvalue weighted by molar-refractivity contribution is 6.38. The monoisotopic (exact) mass is 164 g/mol. The maximum Gasteiger partial charge on any atom is 0.239 e. The third-order valence-corrected chi connectivity index (χ3v) is 1.35. The molecule has 0 N–H and O–H groups in total.